The molecule has 17 heavy (non-hydrogen) atoms. The molecule has 90 valence electrons. The Morgan fingerprint density at radius 1 is 1.18 bits per heavy atom. The first-order chi connectivity index (χ1) is 7.86. The number of thiophene rings is 1. The average molecular weight is 311 g/mol. The van der Waals surface area contributed by atoms with Crippen LogP contribution in [0.4, 0.5) is 0 Å². The molecule has 0 unspecified atom stereocenters. The van der Waals surface area contributed by atoms with Crippen molar-refractivity contribution in [1.82, 2.24) is 9.97 Å². The molecule has 0 saturated heterocycles. The quantitative estimate of drug-likeness (QED) is 0.721. The van der Waals surface area contributed by atoms with Gasteiger partial charge in [-0.1, -0.05) is 20.8 Å². The first kappa shape index (κ1) is 12.7. The van der Waals surface area contributed by atoms with Gasteiger partial charge in [0.25, 0.3) is 0 Å². The van der Waals surface area contributed by atoms with Gasteiger partial charge in [0.1, 0.15) is 10.4 Å². The first-order valence-corrected chi connectivity index (χ1v) is 7.14. The van der Waals surface area contributed by atoms with Crippen LogP contribution in [-0.4, -0.2) is 9.97 Å². The van der Waals surface area contributed by atoms with Gasteiger partial charge in [0, 0.05) is 21.2 Å². The molecule has 0 radical (unpaired) electrons. The molecule has 0 aromatic carbocycles. The Bertz CT molecular complexity index is 541. The monoisotopic (exact) mass is 310 g/mol. The molecule has 0 spiro atoms. The van der Waals surface area contributed by atoms with E-state index in [9.17, 15) is 0 Å². The van der Waals surface area contributed by atoms with Crippen LogP contribution in [0.25, 0.3) is 11.3 Å². The van der Waals surface area contributed by atoms with E-state index in [1.165, 1.54) is 10.4 Å². The van der Waals surface area contributed by atoms with Crippen molar-refractivity contribution in [3.63, 3.8) is 0 Å². The van der Waals surface area contributed by atoms with E-state index in [0.29, 0.717) is 0 Å². The lowest BCUT2D eigenvalue weighted by Gasteiger charge is -2.17. The van der Waals surface area contributed by atoms with Crippen LogP contribution in [0.5, 0.6) is 0 Å². The third kappa shape index (κ3) is 2.93. The van der Waals surface area contributed by atoms with Crippen molar-refractivity contribution >= 4 is 27.3 Å². The molecule has 0 fully saturated rings. The number of halogens is 1. The van der Waals surface area contributed by atoms with Crippen LogP contribution in [0, 0.1) is 6.92 Å². The van der Waals surface area contributed by atoms with Crippen LogP contribution >= 0.6 is 27.3 Å². The molecule has 2 nitrogen and oxygen atoms in total. The van der Waals surface area contributed by atoms with E-state index in [1.807, 2.05) is 6.07 Å². The largest absolute Gasteiger partial charge is 0.232 e. The number of hydrogen-bond acceptors (Lipinski definition) is 3. The van der Waals surface area contributed by atoms with Crippen LogP contribution in [-0.2, 0) is 5.41 Å². The predicted octanol–water partition coefficient (Wildman–Crippen LogP) is 4.57. The lowest BCUT2D eigenvalue weighted by atomic mass is 9.95. The highest BCUT2D eigenvalue weighted by atomic mass is 79.9. The minimum Gasteiger partial charge on any atom is -0.232 e. The fourth-order valence-corrected chi connectivity index (χ4v) is 2.56. The number of nitrogens with zero attached hydrogens (tertiary/aromatic N) is 2. The van der Waals surface area contributed by atoms with Gasteiger partial charge in [-0.05, 0) is 35.0 Å². The molecule has 0 amide bonds. The normalized spacial score (nSPS) is 11.8. The summed E-state index contributed by atoms with van der Waals surface area (Å²) in [6, 6.07) is 4.13. The van der Waals surface area contributed by atoms with E-state index >= 15 is 0 Å². The smallest absolute Gasteiger partial charge is 0.135 e. The average Bonchev–Trinajstić information content (AvgIpc) is 2.62. The number of aromatic nitrogens is 2. The summed E-state index contributed by atoms with van der Waals surface area (Å²) in [7, 11) is 0. The molecule has 0 aliphatic heterocycles. The summed E-state index contributed by atoms with van der Waals surface area (Å²) >= 11 is 5.20. The van der Waals surface area contributed by atoms with Crippen molar-refractivity contribution < 1.29 is 0 Å². The van der Waals surface area contributed by atoms with Crippen molar-refractivity contribution in [2.24, 2.45) is 0 Å². The van der Waals surface area contributed by atoms with E-state index < -0.39 is 0 Å². The van der Waals surface area contributed by atoms with Crippen LogP contribution in [0.2, 0.25) is 0 Å². The SMILES string of the molecule is Cc1cc(-c2cc(Br)nc(C(C)(C)C)n2)cs1. The molecule has 4 heteroatoms. The number of aryl methyl sites for hydroxylation is 1. The lowest BCUT2D eigenvalue weighted by molar-refractivity contribution is 0.544. The summed E-state index contributed by atoms with van der Waals surface area (Å²) in [6.45, 7) is 8.47. The van der Waals surface area contributed by atoms with Crippen LogP contribution < -0.4 is 0 Å². The van der Waals surface area contributed by atoms with E-state index in [0.717, 1.165) is 16.1 Å². The Morgan fingerprint density at radius 2 is 1.88 bits per heavy atom. The van der Waals surface area contributed by atoms with Gasteiger partial charge in [0.2, 0.25) is 0 Å². The summed E-state index contributed by atoms with van der Waals surface area (Å²) in [5.41, 5.74) is 2.12. The highest BCUT2D eigenvalue weighted by Gasteiger charge is 2.19. The maximum atomic E-state index is 4.65. The molecule has 2 rings (SSSR count). The number of rotatable bonds is 1. The van der Waals surface area contributed by atoms with E-state index in [4.69, 9.17) is 0 Å². The highest BCUT2D eigenvalue weighted by molar-refractivity contribution is 9.10. The van der Waals surface area contributed by atoms with E-state index in [-0.39, 0.29) is 5.41 Å². The predicted molar refractivity (Wildman–Crippen MR) is 76.5 cm³/mol. The van der Waals surface area contributed by atoms with E-state index in [2.05, 4.69) is 65.0 Å². The van der Waals surface area contributed by atoms with Gasteiger partial charge in [-0.2, -0.15) is 0 Å². The zero-order valence-electron chi connectivity index (χ0n) is 10.4. The van der Waals surface area contributed by atoms with Crippen molar-refractivity contribution in [3.05, 3.63) is 32.8 Å². The Hall–Kier alpha value is -0.740. The third-order valence-corrected chi connectivity index (χ3v) is 3.66. The molecule has 0 saturated carbocycles. The summed E-state index contributed by atoms with van der Waals surface area (Å²) in [4.78, 5) is 10.4. The standard InChI is InChI=1S/C13H15BrN2S/c1-8-5-9(7-17-8)10-6-11(14)16-12(15-10)13(2,3)4/h5-7H,1-4H3. The zero-order valence-corrected chi connectivity index (χ0v) is 12.8. The molecule has 0 bridgehead atoms. The number of hydrogen-bond donors (Lipinski definition) is 0. The molecule has 0 atom stereocenters. The summed E-state index contributed by atoms with van der Waals surface area (Å²) in [6.07, 6.45) is 0. The Balaban J connectivity index is 2.52. The molecule has 2 heterocycles. The molecule has 2 aromatic rings. The molecular formula is C13H15BrN2S. The van der Waals surface area contributed by atoms with Gasteiger partial charge in [0.05, 0.1) is 5.69 Å². The van der Waals surface area contributed by atoms with Gasteiger partial charge in [-0.3, -0.25) is 0 Å². The Morgan fingerprint density at radius 3 is 2.41 bits per heavy atom. The minimum atomic E-state index is -0.0381. The molecule has 0 aliphatic carbocycles. The fraction of sp³-hybridized carbons (Fsp3) is 0.385. The lowest BCUT2D eigenvalue weighted by Crippen LogP contribution is -2.16. The van der Waals surface area contributed by atoms with Crippen molar-refractivity contribution in [3.8, 4) is 11.3 Å². The molecule has 0 N–H and O–H groups in total. The first-order valence-electron chi connectivity index (χ1n) is 5.47. The highest BCUT2D eigenvalue weighted by Crippen LogP contribution is 2.28. The van der Waals surface area contributed by atoms with Crippen LogP contribution in [0.1, 0.15) is 31.5 Å². The van der Waals surface area contributed by atoms with Gasteiger partial charge in [-0.15, -0.1) is 11.3 Å². The summed E-state index contributed by atoms with van der Waals surface area (Å²) < 4.78 is 0.844. The van der Waals surface area contributed by atoms with Crippen molar-refractivity contribution in [1.29, 1.82) is 0 Å². The second kappa shape index (κ2) is 4.50. The van der Waals surface area contributed by atoms with Gasteiger partial charge >= 0.3 is 0 Å². The Kier molecular flexibility index (Phi) is 3.36. The second-order valence-corrected chi connectivity index (χ2v) is 7.02. The minimum absolute atomic E-state index is 0.0381. The van der Waals surface area contributed by atoms with Crippen LogP contribution in [0.15, 0.2) is 22.1 Å². The maximum absolute atomic E-state index is 4.65. The van der Waals surface area contributed by atoms with E-state index in [1.54, 1.807) is 11.3 Å². The summed E-state index contributed by atoms with van der Waals surface area (Å²) in [5, 5.41) is 2.14. The van der Waals surface area contributed by atoms with Gasteiger partial charge in [0.15, 0.2) is 0 Å². The topological polar surface area (TPSA) is 25.8 Å². The van der Waals surface area contributed by atoms with Crippen molar-refractivity contribution in [2.45, 2.75) is 33.1 Å². The second-order valence-electron chi connectivity index (χ2n) is 5.10. The van der Waals surface area contributed by atoms with Gasteiger partial charge < -0.3 is 0 Å². The van der Waals surface area contributed by atoms with Gasteiger partial charge in [-0.25, -0.2) is 9.97 Å². The summed E-state index contributed by atoms with van der Waals surface area (Å²) in [5.74, 6) is 0.866. The van der Waals surface area contributed by atoms with Crippen LogP contribution in [0.3, 0.4) is 0 Å². The molecule has 0 aliphatic rings. The maximum Gasteiger partial charge on any atom is 0.135 e. The van der Waals surface area contributed by atoms with Crippen molar-refractivity contribution in [2.75, 3.05) is 0 Å². The molecular weight excluding hydrogens is 296 g/mol. The zero-order chi connectivity index (χ0) is 12.6. The molecule has 2 aromatic heterocycles. The third-order valence-electron chi connectivity index (χ3n) is 2.39. The fourth-order valence-electron chi connectivity index (χ4n) is 1.48. The Labute approximate surface area is 114 Å².